The van der Waals surface area contributed by atoms with E-state index in [0.717, 1.165) is 25.5 Å². The van der Waals surface area contributed by atoms with Crippen LogP contribution < -0.4 is 5.73 Å². The number of rotatable bonds is 6. The number of hydrogen-bond acceptors (Lipinski definition) is 2. The molecule has 2 aromatic rings. The molecule has 0 aliphatic carbocycles. The van der Waals surface area contributed by atoms with Crippen molar-refractivity contribution in [2.24, 2.45) is 10.7 Å². The van der Waals surface area contributed by atoms with Gasteiger partial charge in [0.05, 0.1) is 6.54 Å². The van der Waals surface area contributed by atoms with Gasteiger partial charge in [-0.25, -0.2) is 9.98 Å². The van der Waals surface area contributed by atoms with Crippen molar-refractivity contribution in [1.82, 2.24) is 14.5 Å². The topological polar surface area (TPSA) is 59.4 Å². The Kier molecular flexibility index (Phi) is 5.58. The third-order valence-corrected chi connectivity index (χ3v) is 3.78. The molecular weight excluding hydrogens is 274 g/mol. The molecule has 1 aromatic heterocycles. The van der Waals surface area contributed by atoms with Gasteiger partial charge in [-0.15, -0.1) is 0 Å². The van der Waals surface area contributed by atoms with E-state index in [1.165, 1.54) is 11.1 Å². The van der Waals surface area contributed by atoms with E-state index < -0.39 is 0 Å². The number of imidazole rings is 1. The third-order valence-electron chi connectivity index (χ3n) is 3.78. The summed E-state index contributed by atoms with van der Waals surface area (Å²) in [5.74, 6) is 1.63. The van der Waals surface area contributed by atoms with E-state index >= 15 is 0 Å². The van der Waals surface area contributed by atoms with Crippen molar-refractivity contribution in [2.75, 3.05) is 13.1 Å². The van der Waals surface area contributed by atoms with Crippen molar-refractivity contribution in [3.8, 4) is 0 Å². The molecule has 2 N–H and O–H groups in total. The Bertz CT molecular complexity index is 625. The summed E-state index contributed by atoms with van der Waals surface area (Å²) in [6.07, 6.45) is 3.83. The molecule has 0 aliphatic heterocycles. The maximum atomic E-state index is 6.02. The Balaban J connectivity index is 2.05. The molecule has 5 nitrogen and oxygen atoms in total. The molecular formula is C17H25N5. The summed E-state index contributed by atoms with van der Waals surface area (Å²) < 4.78 is 2.13. The molecule has 0 saturated heterocycles. The van der Waals surface area contributed by atoms with E-state index in [1.54, 1.807) is 0 Å². The molecule has 5 heteroatoms. The largest absolute Gasteiger partial charge is 0.370 e. The Morgan fingerprint density at radius 3 is 2.64 bits per heavy atom. The van der Waals surface area contributed by atoms with Crippen molar-refractivity contribution in [1.29, 1.82) is 0 Å². The van der Waals surface area contributed by atoms with Crippen LogP contribution in [0.4, 0.5) is 0 Å². The van der Waals surface area contributed by atoms with Gasteiger partial charge in [0.15, 0.2) is 5.96 Å². The highest BCUT2D eigenvalue weighted by molar-refractivity contribution is 5.78. The molecule has 0 unspecified atom stereocenters. The Morgan fingerprint density at radius 1 is 1.27 bits per heavy atom. The fourth-order valence-electron chi connectivity index (χ4n) is 2.41. The van der Waals surface area contributed by atoms with E-state index in [1.807, 2.05) is 19.3 Å². The highest BCUT2D eigenvalue weighted by atomic mass is 15.2. The average Bonchev–Trinajstić information content (AvgIpc) is 2.92. The summed E-state index contributed by atoms with van der Waals surface area (Å²) in [7, 11) is 0. The summed E-state index contributed by atoms with van der Waals surface area (Å²) in [5, 5.41) is 0. The van der Waals surface area contributed by atoms with Crippen LogP contribution in [-0.4, -0.2) is 33.5 Å². The average molecular weight is 299 g/mol. The summed E-state index contributed by atoms with van der Waals surface area (Å²) in [6, 6.07) is 8.46. The molecule has 0 atom stereocenters. The number of aryl methyl sites for hydroxylation is 1. The zero-order valence-electron chi connectivity index (χ0n) is 13.7. The van der Waals surface area contributed by atoms with Crippen LogP contribution in [0.2, 0.25) is 0 Å². The minimum atomic E-state index is 0.610. The molecule has 0 aliphatic rings. The van der Waals surface area contributed by atoms with E-state index in [0.29, 0.717) is 12.5 Å². The zero-order chi connectivity index (χ0) is 15.9. The molecule has 118 valence electrons. The molecule has 22 heavy (non-hydrogen) atoms. The van der Waals surface area contributed by atoms with Crippen LogP contribution in [0.15, 0.2) is 41.7 Å². The number of benzene rings is 1. The summed E-state index contributed by atoms with van der Waals surface area (Å²) in [4.78, 5) is 10.8. The first kappa shape index (κ1) is 16.1. The predicted octanol–water partition coefficient (Wildman–Crippen LogP) is 2.40. The maximum Gasteiger partial charge on any atom is 0.191 e. The monoisotopic (exact) mass is 299 g/mol. The highest BCUT2D eigenvalue weighted by Crippen LogP contribution is 2.10. The van der Waals surface area contributed by atoms with Crippen molar-refractivity contribution < 1.29 is 0 Å². The van der Waals surface area contributed by atoms with Crippen LogP contribution in [0.5, 0.6) is 0 Å². The zero-order valence-corrected chi connectivity index (χ0v) is 13.7. The minimum absolute atomic E-state index is 0.610. The van der Waals surface area contributed by atoms with Crippen molar-refractivity contribution in [2.45, 2.75) is 33.9 Å². The second-order valence-corrected chi connectivity index (χ2v) is 5.27. The van der Waals surface area contributed by atoms with Gasteiger partial charge in [-0.05, 0) is 31.9 Å². The van der Waals surface area contributed by atoms with Crippen LogP contribution in [0.25, 0.3) is 0 Å². The molecule has 0 bridgehead atoms. The van der Waals surface area contributed by atoms with Crippen molar-refractivity contribution in [3.05, 3.63) is 53.6 Å². The van der Waals surface area contributed by atoms with Gasteiger partial charge in [-0.1, -0.05) is 24.3 Å². The summed E-state index contributed by atoms with van der Waals surface area (Å²) in [6.45, 7) is 9.38. The van der Waals surface area contributed by atoms with E-state index in [9.17, 15) is 0 Å². The lowest BCUT2D eigenvalue weighted by Crippen LogP contribution is -2.37. The van der Waals surface area contributed by atoms with E-state index in [2.05, 4.69) is 57.6 Å². The van der Waals surface area contributed by atoms with Crippen LogP contribution >= 0.6 is 0 Å². The number of nitrogens with zero attached hydrogens (tertiary/aromatic N) is 4. The number of aromatic nitrogens is 2. The first-order chi connectivity index (χ1) is 10.6. The van der Waals surface area contributed by atoms with Gasteiger partial charge in [-0.3, -0.25) is 0 Å². The van der Waals surface area contributed by atoms with Crippen LogP contribution in [0, 0.1) is 6.92 Å². The van der Waals surface area contributed by atoms with Crippen LogP contribution in [0.3, 0.4) is 0 Å². The van der Waals surface area contributed by atoms with Gasteiger partial charge in [0, 0.05) is 32.0 Å². The first-order valence-electron chi connectivity index (χ1n) is 7.74. The number of guanidine groups is 1. The van der Waals surface area contributed by atoms with E-state index in [4.69, 9.17) is 5.73 Å². The SMILES string of the molecule is CCN(CC)C(N)=NCc1cccc(Cn2ccnc2C)c1. The van der Waals surface area contributed by atoms with Gasteiger partial charge in [0.2, 0.25) is 0 Å². The van der Waals surface area contributed by atoms with Crippen molar-refractivity contribution in [3.63, 3.8) is 0 Å². The lowest BCUT2D eigenvalue weighted by molar-refractivity contribution is 0.458. The number of nitrogens with two attached hydrogens (primary N) is 1. The molecule has 0 spiro atoms. The Hall–Kier alpha value is -2.30. The fraction of sp³-hybridized carbons (Fsp3) is 0.412. The lowest BCUT2D eigenvalue weighted by atomic mass is 10.1. The number of aliphatic imine (C=N–C) groups is 1. The molecule has 0 amide bonds. The molecule has 0 radical (unpaired) electrons. The first-order valence-corrected chi connectivity index (χ1v) is 7.74. The second-order valence-electron chi connectivity index (χ2n) is 5.27. The standard InChI is InChI=1S/C17H25N5/c1-4-21(5-2)17(18)20-12-15-7-6-8-16(11-15)13-22-10-9-19-14(22)3/h6-11H,4-5,12-13H2,1-3H3,(H2,18,20). The van der Waals surface area contributed by atoms with E-state index in [-0.39, 0.29) is 0 Å². The smallest absolute Gasteiger partial charge is 0.191 e. The quantitative estimate of drug-likeness (QED) is 0.658. The molecule has 1 aromatic carbocycles. The van der Waals surface area contributed by atoms with Gasteiger partial charge in [-0.2, -0.15) is 0 Å². The number of hydrogen-bond donors (Lipinski definition) is 1. The highest BCUT2D eigenvalue weighted by Gasteiger charge is 2.03. The second kappa shape index (κ2) is 7.64. The molecule has 0 saturated carbocycles. The third kappa shape index (κ3) is 4.10. The van der Waals surface area contributed by atoms with Crippen molar-refractivity contribution >= 4 is 5.96 Å². The normalized spacial score (nSPS) is 11.7. The van der Waals surface area contributed by atoms with Gasteiger partial charge >= 0.3 is 0 Å². The molecule has 2 rings (SSSR count). The maximum absolute atomic E-state index is 6.02. The van der Waals surface area contributed by atoms with Crippen LogP contribution in [-0.2, 0) is 13.1 Å². The summed E-state index contributed by atoms with van der Waals surface area (Å²) in [5.41, 5.74) is 8.44. The Labute approximate surface area is 132 Å². The van der Waals surface area contributed by atoms with Crippen LogP contribution in [0.1, 0.15) is 30.8 Å². The predicted molar refractivity (Wildman–Crippen MR) is 90.8 cm³/mol. The molecule has 0 fully saturated rings. The van der Waals surface area contributed by atoms with Gasteiger partial charge in [0.25, 0.3) is 0 Å². The summed E-state index contributed by atoms with van der Waals surface area (Å²) >= 11 is 0. The molecule has 1 heterocycles. The van der Waals surface area contributed by atoms with Gasteiger partial charge < -0.3 is 15.2 Å². The Morgan fingerprint density at radius 2 is 2.00 bits per heavy atom. The minimum Gasteiger partial charge on any atom is -0.370 e. The fourth-order valence-corrected chi connectivity index (χ4v) is 2.41. The lowest BCUT2D eigenvalue weighted by Gasteiger charge is -2.19. The van der Waals surface area contributed by atoms with Gasteiger partial charge in [0.1, 0.15) is 5.82 Å².